The van der Waals surface area contributed by atoms with Crippen LogP contribution < -0.4 is 11.2 Å². The second kappa shape index (κ2) is 9.63. The molecule has 0 amide bonds. The average Bonchev–Trinajstić information content (AvgIpc) is 3.15. The van der Waals surface area contributed by atoms with Gasteiger partial charge in [0.25, 0.3) is 5.56 Å². The van der Waals surface area contributed by atoms with Gasteiger partial charge in [0.05, 0.1) is 13.1 Å². The van der Waals surface area contributed by atoms with E-state index in [-0.39, 0.29) is 17.8 Å². The normalized spacial score (nSPS) is 11.9. The molecule has 164 valence electrons. The fourth-order valence-corrected chi connectivity index (χ4v) is 4.62. The molecule has 0 fully saturated rings. The van der Waals surface area contributed by atoms with Crippen LogP contribution in [-0.2, 0) is 20.1 Å². The second-order valence-corrected chi connectivity index (χ2v) is 9.04. The van der Waals surface area contributed by atoms with Crippen LogP contribution in [0.15, 0.2) is 86.5 Å². The standard InChI is InChI=1S/C24H23ClN4O2S/c1-17(25)13-14-32-23-26-21-20(28(23)15-18-9-5-3-6-10-18)22(30)29(24(31)27(21)2)16-19-11-7-4-8-12-19/h3-13H,14-16H2,1-2H3/b17-13-. The first-order chi connectivity index (χ1) is 15.5. The monoisotopic (exact) mass is 466 g/mol. The van der Waals surface area contributed by atoms with Gasteiger partial charge in [-0.3, -0.25) is 13.9 Å². The van der Waals surface area contributed by atoms with Gasteiger partial charge in [-0.05, 0) is 18.1 Å². The van der Waals surface area contributed by atoms with Crippen molar-refractivity contribution in [1.29, 1.82) is 0 Å². The summed E-state index contributed by atoms with van der Waals surface area (Å²) < 4.78 is 4.63. The van der Waals surface area contributed by atoms with Crippen LogP contribution in [0.2, 0.25) is 0 Å². The van der Waals surface area contributed by atoms with E-state index in [4.69, 9.17) is 11.6 Å². The number of aromatic nitrogens is 4. The maximum atomic E-state index is 13.6. The molecule has 0 aliphatic heterocycles. The van der Waals surface area contributed by atoms with E-state index in [0.29, 0.717) is 33.7 Å². The van der Waals surface area contributed by atoms with Gasteiger partial charge in [0.1, 0.15) is 0 Å². The van der Waals surface area contributed by atoms with E-state index in [0.717, 1.165) is 11.1 Å². The Hall–Kier alpha value is -3.03. The van der Waals surface area contributed by atoms with Crippen LogP contribution in [0.4, 0.5) is 0 Å². The zero-order valence-corrected chi connectivity index (χ0v) is 19.4. The largest absolute Gasteiger partial charge is 0.332 e. The number of halogens is 1. The summed E-state index contributed by atoms with van der Waals surface area (Å²) in [6.07, 6.45) is 1.89. The maximum absolute atomic E-state index is 13.6. The summed E-state index contributed by atoms with van der Waals surface area (Å²) in [5.74, 6) is 0.611. The highest BCUT2D eigenvalue weighted by Gasteiger charge is 2.20. The summed E-state index contributed by atoms with van der Waals surface area (Å²) in [7, 11) is 1.66. The highest BCUT2D eigenvalue weighted by molar-refractivity contribution is 7.99. The molecule has 0 unspecified atom stereocenters. The lowest BCUT2D eigenvalue weighted by atomic mass is 10.2. The first-order valence-electron chi connectivity index (χ1n) is 10.2. The number of nitrogens with zero attached hydrogens (tertiary/aromatic N) is 4. The van der Waals surface area contributed by atoms with Crippen LogP contribution >= 0.6 is 23.4 Å². The van der Waals surface area contributed by atoms with Crippen molar-refractivity contribution in [2.24, 2.45) is 7.05 Å². The third kappa shape index (κ3) is 4.59. The first-order valence-corrected chi connectivity index (χ1v) is 11.5. The topological polar surface area (TPSA) is 61.8 Å². The minimum atomic E-state index is -0.385. The van der Waals surface area contributed by atoms with Gasteiger partial charge >= 0.3 is 5.69 Å². The van der Waals surface area contributed by atoms with Crippen LogP contribution in [0.25, 0.3) is 11.2 Å². The Labute approximate surface area is 194 Å². The number of aryl methyl sites for hydroxylation is 1. The van der Waals surface area contributed by atoms with Gasteiger partial charge in [-0.25, -0.2) is 9.78 Å². The summed E-state index contributed by atoms with van der Waals surface area (Å²) in [5, 5.41) is 1.36. The Morgan fingerprint density at radius 3 is 2.09 bits per heavy atom. The van der Waals surface area contributed by atoms with Gasteiger partial charge in [-0.15, -0.1) is 0 Å². The smallest absolute Gasteiger partial charge is 0.309 e. The molecule has 0 N–H and O–H groups in total. The number of rotatable bonds is 7. The molecule has 2 aromatic carbocycles. The highest BCUT2D eigenvalue weighted by Crippen LogP contribution is 2.24. The molecule has 6 nitrogen and oxygen atoms in total. The lowest BCUT2D eigenvalue weighted by Crippen LogP contribution is -2.40. The third-order valence-corrected chi connectivity index (χ3v) is 6.20. The minimum absolute atomic E-state index is 0.204. The van der Waals surface area contributed by atoms with Gasteiger partial charge in [0, 0.05) is 17.8 Å². The van der Waals surface area contributed by atoms with Crippen molar-refractivity contribution in [2.75, 3.05) is 5.75 Å². The predicted octanol–water partition coefficient (Wildman–Crippen LogP) is 4.23. The number of thioether (sulfide) groups is 1. The van der Waals surface area contributed by atoms with E-state index in [1.165, 1.54) is 20.9 Å². The van der Waals surface area contributed by atoms with Gasteiger partial charge < -0.3 is 4.57 Å². The summed E-state index contributed by atoms with van der Waals surface area (Å²) >= 11 is 7.46. The summed E-state index contributed by atoms with van der Waals surface area (Å²) in [6.45, 7) is 2.50. The van der Waals surface area contributed by atoms with Crippen LogP contribution in [-0.4, -0.2) is 24.4 Å². The minimum Gasteiger partial charge on any atom is -0.309 e. The van der Waals surface area contributed by atoms with E-state index in [2.05, 4.69) is 4.98 Å². The molecule has 0 spiro atoms. The Kier molecular flexibility index (Phi) is 6.67. The molecule has 0 bridgehead atoms. The quantitative estimate of drug-likeness (QED) is 0.382. The average molecular weight is 467 g/mol. The highest BCUT2D eigenvalue weighted by atomic mass is 35.5. The van der Waals surface area contributed by atoms with Crippen LogP contribution in [0.3, 0.4) is 0 Å². The number of allylic oxidation sites excluding steroid dienone is 1. The molecule has 0 atom stereocenters. The molecular weight excluding hydrogens is 444 g/mol. The van der Waals surface area contributed by atoms with Crippen molar-refractivity contribution in [3.8, 4) is 0 Å². The Morgan fingerprint density at radius 1 is 0.969 bits per heavy atom. The molecule has 32 heavy (non-hydrogen) atoms. The van der Waals surface area contributed by atoms with E-state index in [1.807, 2.05) is 78.2 Å². The molecular formula is C24H23ClN4O2S. The fourth-order valence-electron chi connectivity index (χ4n) is 3.51. The first kappa shape index (κ1) is 22.2. The zero-order valence-electron chi connectivity index (χ0n) is 17.9. The van der Waals surface area contributed by atoms with Gasteiger partial charge in [-0.1, -0.05) is 90.1 Å². The van der Waals surface area contributed by atoms with Crippen molar-refractivity contribution in [3.63, 3.8) is 0 Å². The molecule has 0 radical (unpaired) electrons. The lowest BCUT2D eigenvalue weighted by molar-refractivity contribution is 0.651. The number of hydrogen-bond donors (Lipinski definition) is 0. The molecule has 4 rings (SSSR count). The lowest BCUT2D eigenvalue weighted by Gasteiger charge is -2.11. The maximum Gasteiger partial charge on any atom is 0.332 e. The predicted molar refractivity (Wildman–Crippen MR) is 131 cm³/mol. The van der Waals surface area contributed by atoms with Crippen molar-refractivity contribution in [3.05, 3.63) is 104 Å². The molecule has 4 aromatic rings. The van der Waals surface area contributed by atoms with Crippen LogP contribution in [0, 0.1) is 0 Å². The van der Waals surface area contributed by atoms with E-state index in [1.54, 1.807) is 7.05 Å². The molecule has 0 saturated carbocycles. The van der Waals surface area contributed by atoms with Gasteiger partial charge in [-0.2, -0.15) is 0 Å². The molecule has 0 saturated heterocycles. The SMILES string of the molecule is C/C(Cl)=C/CSc1nc2c(c(=O)n(Cc3ccccc3)c(=O)n2C)n1Cc1ccccc1. The van der Waals surface area contributed by atoms with Crippen molar-refractivity contribution in [1.82, 2.24) is 18.7 Å². The number of hydrogen-bond acceptors (Lipinski definition) is 4. The molecule has 0 aliphatic carbocycles. The van der Waals surface area contributed by atoms with Crippen molar-refractivity contribution >= 4 is 34.5 Å². The van der Waals surface area contributed by atoms with E-state index >= 15 is 0 Å². The Balaban J connectivity index is 1.90. The van der Waals surface area contributed by atoms with Crippen LogP contribution in [0.5, 0.6) is 0 Å². The summed E-state index contributed by atoms with van der Waals surface area (Å²) in [4.78, 5) is 31.3. The zero-order chi connectivity index (χ0) is 22.7. The molecule has 2 aromatic heterocycles. The summed E-state index contributed by atoms with van der Waals surface area (Å²) in [5.41, 5.74) is 2.00. The molecule has 8 heteroatoms. The summed E-state index contributed by atoms with van der Waals surface area (Å²) in [6, 6.07) is 19.4. The Morgan fingerprint density at radius 2 is 1.53 bits per heavy atom. The second-order valence-electron chi connectivity index (χ2n) is 7.46. The van der Waals surface area contributed by atoms with Crippen molar-refractivity contribution < 1.29 is 0 Å². The molecule has 2 heterocycles. The number of fused-ring (bicyclic) bond motifs is 1. The van der Waals surface area contributed by atoms with Crippen LogP contribution in [0.1, 0.15) is 18.1 Å². The number of imidazole rings is 1. The molecule has 0 aliphatic rings. The fraction of sp³-hybridized carbons (Fsp3) is 0.208. The van der Waals surface area contributed by atoms with E-state index in [9.17, 15) is 9.59 Å². The van der Waals surface area contributed by atoms with Gasteiger partial charge in [0.15, 0.2) is 16.3 Å². The third-order valence-electron chi connectivity index (χ3n) is 5.14. The number of benzene rings is 2. The Bertz CT molecular complexity index is 1390. The van der Waals surface area contributed by atoms with E-state index < -0.39 is 0 Å². The van der Waals surface area contributed by atoms with Gasteiger partial charge in [0.2, 0.25) is 0 Å². The van der Waals surface area contributed by atoms with Crippen molar-refractivity contribution in [2.45, 2.75) is 25.2 Å².